The number of amides is 1. The van der Waals surface area contributed by atoms with E-state index in [1.54, 1.807) is 11.3 Å². The van der Waals surface area contributed by atoms with Crippen LogP contribution in [0.3, 0.4) is 0 Å². The van der Waals surface area contributed by atoms with E-state index in [2.05, 4.69) is 50.1 Å². The third-order valence-electron chi connectivity index (χ3n) is 10.4. The van der Waals surface area contributed by atoms with E-state index in [0.717, 1.165) is 39.7 Å². The molecule has 43 heavy (non-hydrogen) atoms. The highest BCUT2D eigenvalue weighted by Gasteiger charge is 2.68. The number of carbonyl (C=O) groups is 1. The Morgan fingerprint density at radius 1 is 1.16 bits per heavy atom. The first-order valence-corrected chi connectivity index (χ1v) is 16.6. The third-order valence-corrected chi connectivity index (χ3v) is 11.5. The van der Waals surface area contributed by atoms with Gasteiger partial charge >= 0.3 is 7.12 Å². The van der Waals surface area contributed by atoms with Crippen molar-refractivity contribution in [2.24, 2.45) is 28.3 Å². The second kappa shape index (κ2) is 11.6. The summed E-state index contributed by atoms with van der Waals surface area (Å²) in [6.07, 6.45) is 3.75. The normalized spacial score (nSPS) is 31.3. The van der Waals surface area contributed by atoms with Crippen molar-refractivity contribution in [1.82, 2.24) is 10.3 Å². The molecule has 3 saturated carbocycles. The number of aryl methyl sites for hydroxylation is 2. The Morgan fingerprint density at radius 3 is 2.60 bits per heavy atom. The van der Waals surface area contributed by atoms with Crippen molar-refractivity contribution in [2.75, 3.05) is 6.61 Å². The van der Waals surface area contributed by atoms with Gasteiger partial charge in [0.1, 0.15) is 0 Å². The molecule has 3 aliphatic carbocycles. The summed E-state index contributed by atoms with van der Waals surface area (Å²) in [5.74, 6) is 0.974. The van der Waals surface area contributed by atoms with Crippen molar-refractivity contribution in [3.63, 3.8) is 0 Å². The molecule has 1 saturated heterocycles. The highest BCUT2D eigenvalue weighted by Crippen LogP contribution is 2.65. The molecule has 5 aliphatic rings. The smallest absolute Gasteiger partial charge is 0.404 e. The molecule has 7 rings (SSSR count). The van der Waals surface area contributed by atoms with Crippen LogP contribution in [0.2, 0.25) is 0 Å². The molecule has 3 heterocycles. The minimum Gasteiger partial charge on any atom is -0.404 e. The SMILES string of the molecule is Cc1nc(C)c(COCC2=NOC(Cc3ccccc3)(C(=O)N[C@@H](CC(C)C)B3O[C@@H]4C[C@@H]5C[C@@H](C5(C)C)[C@]4(C)O3)C2)s1. The zero-order valence-electron chi connectivity index (χ0n) is 26.6. The van der Waals surface area contributed by atoms with E-state index >= 15 is 0 Å². The Kier molecular flexibility index (Phi) is 8.28. The molecule has 0 spiro atoms. The lowest BCUT2D eigenvalue weighted by atomic mass is 9.43. The Labute approximate surface area is 260 Å². The predicted octanol–water partition coefficient (Wildman–Crippen LogP) is 5.83. The molecule has 0 radical (unpaired) electrons. The molecule has 6 atom stereocenters. The summed E-state index contributed by atoms with van der Waals surface area (Å²) in [6, 6.07) is 9.99. The Bertz CT molecular complexity index is 1370. The maximum Gasteiger partial charge on any atom is 0.481 e. The van der Waals surface area contributed by atoms with Crippen molar-refractivity contribution < 1.29 is 23.7 Å². The van der Waals surface area contributed by atoms with Gasteiger partial charge in [-0.3, -0.25) is 4.79 Å². The molecule has 1 unspecified atom stereocenters. The number of carbonyl (C=O) groups excluding carboxylic acids is 1. The summed E-state index contributed by atoms with van der Waals surface area (Å²) < 4.78 is 19.5. The second-order valence-electron chi connectivity index (χ2n) is 14.4. The van der Waals surface area contributed by atoms with Crippen molar-refractivity contribution in [2.45, 2.75) is 110 Å². The number of aromatic nitrogens is 1. The predicted molar refractivity (Wildman–Crippen MR) is 169 cm³/mol. The first kappa shape index (κ1) is 30.7. The number of benzene rings is 1. The van der Waals surface area contributed by atoms with E-state index in [1.807, 2.05) is 44.2 Å². The van der Waals surface area contributed by atoms with Crippen LogP contribution in [0.15, 0.2) is 35.5 Å². The molecule has 1 N–H and O–H groups in total. The Balaban J connectivity index is 1.17. The van der Waals surface area contributed by atoms with Crippen LogP contribution in [0.4, 0.5) is 0 Å². The fraction of sp³-hybridized carbons (Fsp3) is 0.667. The van der Waals surface area contributed by atoms with Gasteiger partial charge in [0, 0.05) is 12.8 Å². The highest BCUT2D eigenvalue weighted by molar-refractivity contribution is 7.11. The fourth-order valence-corrected chi connectivity index (χ4v) is 8.81. The minimum absolute atomic E-state index is 0.0555. The van der Waals surface area contributed by atoms with Gasteiger partial charge < -0.3 is 24.2 Å². The van der Waals surface area contributed by atoms with E-state index in [9.17, 15) is 4.79 Å². The van der Waals surface area contributed by atoms with Gasteiger partial charge in [-0.05, 0) is 68.8 Å². The lowest BCUT2D eigenvalue weighted by Crippen LogP contribution is -2.65. The van der Waals surface area contributed by atoms with Gasteiger partial charge in [-0.25, -0.2) is 4.98 Å². The summed E-state index contributed by atoms with van der Waals surface area (Å²) >= 11 is 1.64. The average molecular weight is 608 g/mol. The van der Waals surface area contributed by atoms with Crippen LogP contribution in [0.5, 0.6) is 0 Å². The molecule has 2 bridgehead atoms. The first-order valence-electron chi connectivity index (χ1n) is 15.8. The van der Waals surface area contributed by atoms with Crippen LogP contribution in [0, 0.1) is 37.0 Å². The molecular weight excluding hydrogens is 561 g/mol. The molecule has 2 aliphatic heterocycles. The molecule has 232 valence electrons. The van der Waals surface area contributed by atoms with Crippen LogP contribution in [-0.4, -0.2) is 53.6 Å². The van der Waals surface area contributed by atoms with Crippen LogP contribution in [-0.2, 0) is 36.7 Å². The minimum atomic E-state index is -1.18. The van der Waals surface area contributed by atoms with E-state index in [0.29, 0.717) is 43.8 Å². The summed E-state index contributed by atoms with van der Waals surface area (Å²) in [6.45, 7) is 16.0. The van der Waals surface area contributed by atoms with Crippen LogP contribution in [0.1, 0.15) is 81.4 Å². The topological polar surface area (TPSA) is 91.3 Å². The molecule has 1 amide bonds. The van der Waals surface area contributed by atoms with Crippen molar-refractivity contribution in [3.8, 4) is 0 Å². The lowest BCUT2D eigenvalue weighted by Gasteiger charge is -2.64. The van der Waals surface area contributed by atoms with Gasteiger partial charge in [-0.15, -0.1) is 11.3 Å². The summed E-state index contributed by atoms with van der Waals surface area (Å²) in [7, 11) is -0.499. The molecular formula is C33H46BN3O5S. The number of nitrogens with one attached hydrogen (secondary N) is 1. The summed E-state index contributed by atoms with van der Waals surface area (Å²) in [5, 5.41) is 8.76. The van der Waals surface area contributed by atoms with E-state index in [4.69, 9.17) is 18.9 Å². The highest BCUT2D eigenvalue weighted by atomic mass is 32.1. The fourth-order valence-electron chi connectivity index (χ4n) is 7.93. The van der Waals surface area contributed by atoms with Gasteiger partial charge in [0.05, 0.1) is 52.2 Å². The molecule has 1 aromatic carbocycles. The number of hydrogen-bond acceptors (Lipinski definition) is 8. The second-order valence-corrected chi connectivity index (χ2v) is 15.7. The van der Waals surface area contributed by atoms with Crippen molar-refractivity contribution in [1.29, 1.82) is 0 Å². The number of ether oxygens (including phenoxy) is 1. The number of nitrogens with zero attached hydrogens (tertiary/aromatic N) is 2. The molecule has 10 heteroatoms. The average Bonchev–Trinajstić information content (AvgIpc) is 3.62. The number of rotatable bonds is 11. The molecule has 8 nitrogen and oxygen atoms in total. The Morgan fingerprint density at radius 2 is 1.93 bits per heavy atom. The maximum absolute atomic E-state index is 14.3. The van der Waals surface area contributed by atoms with Gasteiger partial charge in [-0.1, -0.05) is 63.2 Å². The van der Waals surface area contributed by atoms with E-state index in [1.165, 1.54) is 6.42 Å². The van der Waals surface area contributed by atoms with Crippen LogP contribution < -0.4 is 5.32 Å². The number of oxime groups is 1. The number of hydrogen-bond donors (Lipinski definition) is 1. The van der Waals surface area contributed by atoms with E-state index < -0.39 is 12.7 Å². The van der Waals surface area contributed by atoms with Crippen molar-refractivity contribution in [3.05, 3.63) is 51.5 Å². The molecule has 2 aromatic rings. The zero-order valence-corrected chi connectivity index (χ0v) is 27.5. The largest absolute Gasteiger partial charge is 0.481 e. The van der Waals surface area contributed by atoms with Crippen molar-refractivity contribution >= 4 is 30.1 Å². The molecule has 1 aromatic heterocycles. The first-order chi connectivity index (χ1) is 20.4. The Hall–Kier alpha value is -2.27. The summed E-state index contributed by atoms with van der Waals surface area (Å²) in [4.78, 5) is 26.0. The number of thiazole rings is 1. The maximum atomic E-state index is 14.3. The zero-order chi connectivity index (χ0) is 30.6. The quantitative estimate of drug-likeness (QED) is 0.323. The lowest BCUT2D eigenvalue weighted by molar-refractivity contribution is -0.199. The summed E-state index contributed by atoms with van der Waals surface area (Å²) in [5.41, 5.74) is 1.47. The van der Waals surface area contributed by atoms with Gasteiger partial charge in [0.2, 0.25) is 5.60 Å². The third kappa shape index (κ3) is 5.80. The molecule has 4 fully saturated rings. The van der Waals surface area contributed by atoms with E-state index in [-0.39, 0.29) is 29.0 Å². The standard InChI is InChI=1S/C33H46BN3O5S/c1-20(2)13-29(34-40-28-15-24-14-27(31(24,5)6)32(28,7)41-34)36-30(38)33(16-23-11-9-8-10-12-23)17-25(37-42-33)18-39-19-26-21(3)35-22(4)43-26/h8-12,20,24,27-29H,13-19H2,1-7H3,(H,36,38)/t24-,27-,28+,29-,32-,33?/m0/s1. The van der Waals surface area contributed by atoms with Gasteiger partial charge in [-0.2, -0.15) is 0 Å². The monoisotopic (exact) mass is 607 g/mol. The van der Waals surface area contributed by atoms with Crippen LogP contribution in [0.25, 0.3) is 0 Å². The van der Waals surface area contributed by atoms with Crippen LogP contribution >= 0.6 is 11.3 Å². The van der Waals surface area contributed by atoms with Gasteiger partial charge in [0.15, 0.2) is 0 Å². The van der Waals surface area contributed by atoms with Gasteiger partial charge in [0.25, 0.3) is 5.91 Å².